The molecule has 1 aliphatic rings. The van der Waals surface area contributed by atoms with Crippen LogP contribution in [0.3, 0.4) is 0 Å². The molecule has 0 atom stereocenters. The van der Waals surface area contributed by atoms with Crippen molar-refractivity contribution in [3.63, 3.8) is 0 Å². The van der Waals surface area contributed by atoms with Crippen molar-refractivity contribution in [2.24, 2.45) is 0 Å². The van der Waals surface area contributed by atoms with Crippen LogP contribution < -0.4 is 0 Å². The van der Waals surface area contributed by atoms with E-state index < -0.39 is 5.41 Å². The Morgan fingerprint density at radius 2 is 2.00 bits per heavy atom. The van der Waals surface area contributed by atoms with Gasteiger partial charge in [-0.2, -0.15) is 0 Å². The third kappa shape index (κ3) is 2.17. The third-order valence-electron chi connectivity index (χ3n) is 3.34. The van der Waals surface area contributed by atoms with Crippen molar-refractivity contribution in [3.8, 4) is 0 Å². The fourth-order valence-corrected chi connectivity index (χ4v) is 2.14. The maximum atomic E-state index is 12.8. The van der Waals surface area contributed by atoms with Gasteiger partial charge in [-0.25, -0.2) is 4.39 Å². The van der Waals surface area contributed by atoms with Crippen molar-refractivity contribution in [1.29, 1.82) is 0 Å². The Balaban J connectivity index is 2.19. The van der Waals surface area contributed by atoms with Gasteiger partial charge in [-0.1, -0.05) is 12.1 Å². The Hall–Kier alpha value is -1.42. The van der Waals surface area contributed by atoms with E-state index in [1.54, 1.807) is 19.2 Å². The van der Waals surface area contributed by atoms with Gasteiger partial charge in [0.15, 0.2) is 0 Å². The molecule has 0 heterocycles. The number of likely N-dealkylation sites (N-methyl/N-ethyl adjacent to an activating group) is 1. The number of carbonyl (C=O) groups excluding carboxylic acids is 1. The molecule has 92 valence electrons. The molecule has 2 rings (SSSR count). The molecule has 1 aromatic rings. The average Bonchev–Trinajstić information content (AvgIpc) is 3.10. The summed E-state index contributed by atoms with van der Waals surface area (Å²) in [5.74, 6) is -0.279. The summed E-state index contributed by atoms with van der Waals surface area (Å²) < 4.78 is 12.8. The summed E-state index contributed by atoms with van der Waals surface area (Å²) in [6.45, 7) is 0.295. The zero-order valence-electron chi connectivity index (χ0n) is 9.82. The lowest BCUT2D eigenvalue weighted by atomic mass is 9.94. The van der Waals surface area contributed by atoms with Crippen LogP contribution in [0.1, 0.15) is 18.4 Å². The second-order valence-electron chi connectivity index (χ2n) is 4.54. The molecule has 0 unspecified atom stereocenters. The first-order valence-electron chi connectivity index (χ1n) is 5.72. The first-order chi connectivity index (χ1) is 8.10. The minimum atomic E-state index is -0.475. The fourth-order valence-electron chi connectivity index (χ4n) is 2.14. The van der Waals surface area contributed by atoms with E-state index in [0.29, 0.717) is 6.54 Å². The quantitative estimate of drug-likeness (QED) is 0.857. The summed E-state index contributed by atoms with van der Waals surface area (Å²) in [6, 6.07) is 6.11. The van der Waals surface area contributed by atoms with Crippen LogP contribution in [0.2, 0.25) is 0 Å². The molecule has 17 heavy (non-hydrogen) atoms. The van der Waals surface area contributed by atoms with Crippen LogP contribution in [0, 0.1) is 5.82 Å². The minimum absolute atomic E-state index is 0.0122. The van der Waals surface area contributed by atoms with Gasteiger partial charge in [0, 0.05) is 13.6 Å². The largest absolute Gasteiger partial charge is 0.395 e. The molecule has 0 bridgehead atoms. The molecule has 0 radical (unpaired) electrons. The SMILES string of the molecule is CN(CCO)C(=O)C1(c2ccc(F)cc2)CC1. The smallest absolute Gasteiger partial charge is 0.233 e. The number of rotatable bonds is 4. The molecule has 0 aliphatic heterocycles. The van der Waals surface area contributed by atoms with Gasteiger partial charge in [-0.3, -0.25) is 4.79 Å². The molecule has 1 saturated carbocycles. The van der Waals surface area contributed by atoms with Crippen LogP contribution in [-0.4, -0.2) is 36.1 Å². The van der Waals surface area contributed by atoms with E-state index in [0.717, 1.165) is 18.4 Å². The van der Waals surface area contributed by atoms with E-state index in [2.05, 4.69) is 0 Å². The van der Waals surface area contributed by atoms with Gasteiger partial charge < -0.3 is 10.0 Å². The van der Waals surface area contributed by atoms with Gasteiger partial charge in [0.1, 0.15) is 5.82 Å². The maximum absolute atomic E-state index is 12.8. The normalized spacial score (nSPS) is 16.6. The molecule has 0 aromatic heterocycles. The first-order valence-corrected chi connectivity index (χ1v) is 5.72. The lowest BCUT2D eigenvalue weighted by Crippen LogP contribution is -2.38. The van der Waals surface area contributed by atoms with Crippen LogP contribution in [0.25, 0.3) is 0 Å². The average molecular weight is 237 g/mol. The Labute approximate surface area is 99.9 Å². The summed E-state index contributed by atoms with van der Waals surface area (Å²) in [5, 5.41) is 8.84. The van der Waals surface area contributed by atoms with Gasteiger partial charge >= 0.3 is 0 Å². The molecular formula is C13H16FNO2. The van der Waals surface area contributed by atoms with E-state index in [1.165, 1.54) is 17.0 Å². The van der Waals surface area contributed by atoms with E-state index in [4.69, 9.17) is 5.11 Å². The second kappa shape index (κ2) is 4.45. The lowest BCUT2D eigenvalue weighted by Gasteiger charge is -2.23. The Morgan fingerprint density at radius 1 is 1.41 bits per heavy atom. The van der Waals surface area contributed by atoms with Crippen LogP contribution in [0.4, 0.5) is 4.39 Å². The van der Waals surface area contributed by atoms with Crippen molar-refractivity contribution < 1.29 is 14.3 Å². The summed E-state index contributed by atoms with van der Waals surface area (Å²) in [4.78, 5) is 13.8. The number of hydrogen-bond acceptors (Lipinski definition) is 2. The number of carbonyl (C=O) groups is 1. The van der Waals surface area contributed by atoms with E-state index >= 15 is 0 Å². The van der Waals surface area contributed by atoms with Gasteiger partial charge in [-0.15, -0.1) is 0 Å². The van der Waals surface area contributed by atoms with Gasteiger partial charge in [0.05, 0.1) is 12.0 Å². The topological polar surface area (TPSA) is 40.5 Å². The van der Waals surface area contributed by atoms with Gasteiger partial charge in [-0.05, 0) is 30.5 Å². The van der Waals surface area contributed by atoms with Crippen molar-refractivity contribution in [2.45, 2.75) is 18.3 Å². The number of halogens is 1. The number of nitrogens with zero attached hydrogens (tertiary/aromatic N) is 1. The third-order valence-corrected chi connectivity index (χ3v) is 3.34. The lowest BCUT2D eigenvalue weighted by molar-refractivity contribution is -0.133. The molecule has 3 nitrogen and oxygen atoms in total. The highest BCUT2D eigenvalue weighted by molar-refractivity contribution is 5.91. The number of aliphatic hydroxyl groups excluding tert-OH is 1. The number of hydrogen-bond donors (Lipinski definition) is 1. The molecule has 0 saturated heterocycles. The van der Waals surface area contributed by atoms with E-state index in [-0.39, 0.29) is 18.3 Å². The zero-order chi connectivity index (χ0) is 12.5. The molecule has 4 heteroatoms. The predicted molar refractivity (Wildman–Crippen MR) is 62.0 cm³/mol. The van der Waals surface area contributed by atoms with Crippen molar-refractivity contribution >= 4 is 5.91 Å². The summed E-state index contributed by atoms with van der Waals surface area (Å²) in [5.41, 5.74) is 0.395. The fraction of sp³-hybridized carbons (Fsp3) is 0.462. The van der Waals surface area contributed by atoms with E-state index in [1.807, 2.05) is 0 Å². The zero-order valence-corrected chi connectivity index (χ0v) is 9.82. The number of benzene rings is 1. The Morgan fingerprint density at radius 3 is 2.47 bits per heavy atom. The van der Waals surface area contributed by atoms with E-state index in [9.17, 15) is 9.18 Å². The first kappa shape index (κ1) is 12.0. The molecule has 1 amide bonds. The molecule has 1 fully saturated rings. The molecule has 0 spiro atoms. The molecule has 1 aromatic carbocycles. The highest BCUT2D eigenvalue weighted by Gasteiger charge is 2.52. The highest BCUT2D eigenvalue weighted by atomic mass is 19.1. The van der Waals surface area contributed by atoms with Crippen molar-refractivity contribution in [3.05, 3.63) is 35.6 Å². The standard InChI is InChI=1S/C13H16FNO2/c1-15(8-9-16)12(17)13(6-7-13)10-2-4-11(14)5-3-10/h2-5,16H,6-9H2,1H3. The van der Waals surface area contributed by atoms with Crippen molar-refractivity contribution in [2.75, 3.05) is 20.2 Å². The minimum Gasteiger partial charge on any atom is -0.395 e. The van der Waals surface area contributed by atoms with Gasteiger partial charge in [0.25, 0.3) is 0 Å². The van der Waals surface area contributed by atoms with Crippen LogP contribution >= 0.6 is 0 Å². The number of aliphatic hydroxyl groups is 1. The molecule has 1 N–H and O–H groups in total. The van der Waals surface area contributed by atoms with Crippen LogP contribution in [0.5, 0.6) is 0 Å². The van der Waals surface area contributed by atoms with Gasteiger partial charge in [0.2, 0.25) is 5.91 Å². The summed E-state index contributed by atoms with van der Waals surface area (Å²) >= 11 is 0. The van der Waals surface area contributed by atoms with Crippen LogP contribution in [0.15, 0.2) is 24.3 Å². The van der Waals surface area contributed by atoms with Crippen LogP contribution in [-0.2, 0) is 10.2 Å². The summed E-state index contributed by atoms with van der Waals surface area (Å²) in [6.07, 6.45) is 1.60. The highest BCUT2D eigenvalue weighted by Crippen LogP contribution is 2.49. The maximum Gasteiger partial charge on any atom is 0.233 e. The van der Waals surface area contributed by atoms with Crippen molar-refractivity contribution in [1.82, 2.24) is 4.90 Å². The molecule has 1 aliphatic carbocycles. The predicted octanol–water partition coefficient (Wildman–Crippen LogP) is 1.31. The second-order valence-corrected chi connectivity index (χ2v) is 4.54. The Bertz CT molecular complexity index is 412. The number of amides is 1. The molecular weight excluding hydrogens is 221 g/mol. The summed E-state index contributed by atoms with van der Waals surface area (Å²) in [7, 11) is 1.68. The Kier molecular flexibility index (Phi) is 3.15. The monoisotopic (exact) mass is 237 g/mol.